The second-order valence-corrected chi connectivity index (χ2v) is 6.43. The molecule has 2 amide bonds. The summed E-state index contributed by atoms with van der Waals surface area (Å²) in [5.74, 6) is 0. The van der Waals surface area contributed by atoms with Crippen molar-refractivity contribution in [1.29, 1.82) is 0 Å². The summed E-state index contributed by atoms with van der Waals surface area (Å²) in [5.41, 5.74) is 3.73. The first-order chi connectivity index (χ1) is 11.5. The molecule has 1 saturated carbocycles. The highest BCUT2D eigenvalue weighted by Gasteiger charge is 2.24. The van der Waals surface area contributed by atoms with Crippen LogP contribution in [0.4, 0.5) is 10.5 Å². The van der Waals surface area contributed by atoms with E-state index in [1.165, 1.54) is 0 Å². The van der Waals surface area contributed by atoms with E-state index < -0.39 is 6.10 Å². The Morgan fingerprint density at radius 3 is 2.79 bits per heavy atom. The average molecular weight is 328 g/mol. The number of amides is 2. The van der Waals surface area contributed by atoms with E-state index >= 15 is 0 Å². The van der Waals surface area contributed by atoms with Crippen LogP contribution in [0.15, 0.2) is 30.5 Å². The molecule has 6 nitrogen and oxygen atoms in total. The van der Waals surface area contributed by atoms with E-state index in [1.807, 2.05) is 38.2 Å². The highest BCUT2D eigenvalue weighted by atomic mass is 16.3. The van der Waals surface area contributed by atoms with Gasteiger partial charge in [-0.3, -0.25) is 4.68 Å². The minimum atomic E-state index is -0.452. The lowest BCUT2D eigenvalue weighted by atomic mass is 9.93. The number of aromatic nitrogens is 2. The summed E-state index contributed by atoms with van der Waals surface area (Å²) in [6.45, 7) is 1.96. The van der Waals surface area contributed by atoms with Crippen LogP contribution in [0.5, 0.6) is 0 Å². The maximum atomic E-state index is 12.3. The maximum Gasteiger partial charge on any atom is 0.319 e. The number of aryl methyl sites for hydroxylation is 2. The van der Waals surface area contributed by atoms with Crippen LogP contribution in [-0.2, 0) is 7.05 Å². The predicted octanol–water partition coefficient (Wildman–Crippen LogP) is 2.82. The van der Waals surface area contributed by atoms with Gasteiger partial charge in [0.25, 0.3) is 0 Å². The topological polar surface area (TPSA) is 79.2 Å². The van der Waals surface area contributed by atoms with Crippen molar-refractivity contribution >= 4 is 11.7 Å². The van der Waals surface area contributed by atoms with Gasteiger partial charge in [0.2, 0.25) is 0 Å². The molecular weight excluding hydrogens is 304 g/mol. The summed E-state index contributed by atoms with van der Waals surface area (Å²) in [6.07, 6.45) is 4.93. The fourth-order valence-electron chi connectivity index (χ4n) is 3.18. The normalized spacial score (nSPS) is 20.6. The quantitative estimate of drug-likeness (QED) is 0.810. The third kappa shape index (κ3) is 3.59. The van der Waals surface area contributed by atoms with E-state index in [-0.39, 0.29) is 12.1 Å². The largest absolute Gasteiger partial charge is 0.391 e. The zero-order valence-electron chi connectivity index (χ0n) is 14.1. The first-order valence-electron chi connectivity index (χ1n) is 8.39. The van der Waals surface area contributed by atoms with Crippen molar-refractivity contribution in [2.24, 2.45) is 7.05 Å². The molecule has 1 heterocycles. The highest BCUT2D eigenvalue weighted by molar-refractivity contribution is 5.91. The van der Waals surface area contributed by atoms with Crippen molar-refractivity contribution in [1.82, 2.24) is 15.1 Å². The van der Waals surface area contributed by atoms with E-state index in [4.69, 9.17) is 0 Å². The van der Waals surface area contributed by atoms with Crippen molar-refractivity contribution in [3.63, 3.8) is 0 Å². The maximum absolute atomic E-state index is 12.3. The summed E-state index contributed by atoms with van der Waals surface area (Å²) < 4.78 is 1.80. The summed E-state index contributed by atoms with van der Waals surface area (Å²) in [7, 11) is 1.89. The number of carbonyl (C=O) groups is 1. The Morgan fingerprint density at radius 1 is 1.29 bits per heavy atom. The van der Waals surface area contributed by atoms with E-state index in [0.29, 0.717) is 0 Å². The van der Waals surface area contributed by atoms with E-state index in [0.717, 1.165) is 48.2 Å². The molecule has 3 rings (SSSR count). The molecule has 1 aromatic heterocycles. The van der Waals surface area contributed by atoms with Gasteiger partial charge in [-0.25, -0.2) is 4.79 Å². The van der Waals surface area contributed by atoms with Gasteiger partial charge in [0.05, 0.1) is 17.8 Å². The minimum Gasteiger partial charge on any atom is -0.391 e. The van der Waals surface area contributed by atoms with Crippen LogP contribution in [-0.4, -0.2) is 33.1 Å². The second-order valence-electron chi connectivity index (χ2n) is 6.43. The number of urea groups is 1. The van der Waals surface area contributed by atoms with Gasteiger partial charge < -0.3 is 15.7 Å². The Kier molecular flexibility index (Phi) is 4.85. The molecule has 1 aliphatic rings. The number of carbonyl (C=O) groups excluding carboxylic acids is 1. The van der Waals surface area contributed by atoms with Crippen molar-refractivity contribution in [2.75, 3.05) is 5.32 Å². The van der Waals surface area contributed by atoms with Crippen molar-refractivity contribution in [3.05, 3.63) is 36.0 Å². The molecule has 0 unspecified atom stereocenters. The SMILES string of the molecule is Cc1ccc(-c2ccnn2C)cc1NC(=O)N[C@H]1CCCC[C@@H]1O. The minimum absolute atomic E-state index is 0.167. The van der Waals surface area contributed by atoms with Crippen LogP contribution >= 0.6 is 0 Å². The number of nitrogens with zero attached hydrogens (tertiary/aromatic N) is 2. The second kappa shape index (κ2) is 7.05. The van der Waals surface area contributed by atoms with Crippen LogP contribution in [0.1, 0.15) is 31.2 Å². The van der Waals surface area contributed by atoms with Gasteiger partial charge in [0.15, 0.2) is 0 Å². The summed E-state index contributed by atoms with van der Waals surface area (Å²) in [4.78, 5) is 12.3. The summed E-state index contributed by atoms with van der Waals surface area (Å²) in [6, 6.07) is 7.44. The molecule has 1 aromatic carbocycles. The third-order valence-corrected chi connectivity index (χ3v) is 4.65. The molecular formula is C18H24N4O2. The van der Waals surface area contributed by atoms with Gasteiger partial charge in [-0.05, 0) is 37.5 Å². The number of rotatable bonds is 3. The Balaban J connectivity index is 1.72. The Hall–Kier alpha value is -2.34. The van der Waals surface area contributed by atoms with E-state index in [2.05, 4.69) is 15.7 Å². The first-order valence-corrected chi connectivity index (χ1v) is 8.39. The predicted molar refractivity (Wildman–Crippen MR) is 93.8 cm³/mol. The Bertz CT molecular complexity index is 726. The molecule has 1 fully saturated rings. The number of benzene rings is 1. The van der Waals surface area contributed by atoms with Gasteiger partial charge in [-0.2, -0.15) is 5.10 Å². The molecule has 1 aliphatic carbocycles. The smallest absolute Gasteiger partial charge is 0.319 e. The number of aliphatic hydroxyl groups is 1. The molecule has 0 aliphatic heterocycles. The van der Waals surface area contributed by atoms with Gasteiger partial charge in [0.1, 0.15) is 0 Å². The molecule has 0 saturated heterocycles. The first kappa shape index (κ1) is 16.5. The van der Waals surface area contributed by atoms with E-state index in [1.54, 1.807) is 10.9 Å². The summed E-state index contributed by atoms with van der Waals surface area (Å²) in [5, 5.41) is 20.0. The van der Waals surface area contributed by atoms with Crippen molar-refractivity contribution in [3.8, 4) is 11.3 Å². The zero-order chi connectivity index (χ0) is 17.1. The summed E-state index contributed by atoms with van der Waals surface area (Å²) >= 11 is 0. The Labute approximate surface area is 141 Å². The lowest BCUT2D eigenvalue weighted by Crippen LogP contribution is -2.46. The molecule has 2 aromatic rings. The molecule has 3 N–H and O–H groups in total. The molecule has 0 radical (unpaired) electrons. The van der Waals surface area contributed by atoms with Crippen LogP contribution in [0.25, 0.3) is 11.3 Å². The van der Waals surface area contributed by atoms with Crippen LogP contribution in [0.3, 0.4) is 0 Å². The average Bonchev–Trinajstić information content (AvgIpc) is 2.98. The number of nitrogens with one attached hydrogen (secondary N) is 2. The monoisotopic (exact) mass is 328 g/mol. The molecule has 0 bridgehead atoms. The number of hydrogen-bond donors (Lipinski definition) is 3. The van der Waals surface area contributed by atoms with Crippen LogP contribution in [0, 0.1) is 6.92 Å². The standard InChI is InChI=1S/C18H24N4O2/c1-12-7-8-13(16-9-10-19-22(16)2)11-15(12)21-18(24)20-14-5-3-4-6-17(14)23/h7-11,14,17,23H,3-6H2,1-2H3,(H2,20,21,24)/t14-,17-/m0/s1. The van der Waals surface area contributed by atoms with Gasteiger partial charge >= 0.3 is 6.03 Å². The Morgan fingerprint density at radius 2 is 2.08 bits per heavy atom. The third-order valence-electron chi connectivity index (χ3n) is 4.65. The van der Waals surface area contributed by atoms with Crippen LogP contribution < -0.4 is 10.6 Å². The molecule has 2 atom stereocenters. The fraction of sp³-hybridized carbons (Fsp3) is 0.444. The highest BCUT2D eigenvalue weighted by Crippen LogP contribution is 2.25. The fourth-order valence-corrected chi connectivity index (χ4v) is 3.18. The van der Waals surface area contributed by atoms with Gasteiger partial charge in [-0.15, -0.1) is 0 Å². The molecule has 6 heteroatoms. The van der Waals surface area contributed by atoms with E-state index in [9.17, 15) is 9.90 Å². The van der Waals surface area contributed by atoms with Gasteiger partial charge in [0, 0.05) is 24.5 Å². The van der Waals surface area contributed by atoms with Gasteiger partial charge in [-0.1, -0.05) is 25.0 Å². The van der Waals surface area contributed by atoms with Crippen LogP contribution in [0.2, 0.25) is 0 Å². The molecule has 0 spiro atoms. The molecule has 24 heavy (non-hydrogen) atoms. The molecule has 128 valence electrons. The van der Waals surface area contributed by atoms with Crippen molar-refractivity contribution < 1.29 is 9.90 Å². The zero-order valence-corrected chi connectivity index (χ0v) is 14.1. The number of hydrogen-bond acceptors (Lipinski definition) is 3. The lowest BCUT2D eigenvalue weighted by Gasteiger charge is -2.28. The number of aliphatic hydroxyl groups excluding tert-OH is 1. The lowest BCUT2D eigenvalue weighted by molar-refractivity contribution is 0.0955. The van der Waals surface area contributed by atoms with Crippen molar-refractivity contribution in [2.45, 2.75) is 44.8 Å². The number of anilines is 1.